The summed E-state index contributed by atoms with van der Waals surface area (Å²) in [5.41, 5.74) is 6.82. The number of para-hydroxylation sites is 1. The van der Waals surface area contributed by atoms with Crippen molar-refractivity contribution in [3.8, 4) is 5.75 Å². The number of likely N-dealkylation sites (N-methyl/N-ethyl adjacent to an activating group) is 1. The van der Waals surface area contributed by atoms with Crippen LogP contribution in [0.1, 0.15) is 31.1 Å². The number of benzene rings is 1. The maximum atomic E-state index is 12.2. The van der Waals surface area contributed by atoms with Crippen molar-refractivity contribution >= 4 is 11.6 Å². The Balaban J connectivity index is 2.66. The van der Waals surface area contributed by atoms with Gasteiger partial charge in [-0.2, -0.15) is 0 Å². The molecular formula is C15H25N3O2. The van der Waals surface area contributed by atoms with Crippen molar-refractivity contribution < 1.29 is 9.53 Å². The van der Waals surface area contributed by atoms with Gasteiger partial charge in [-0.15, -0.1) is 0 Å². The summed E-state index contributed by atoms with van der Waals surface area (Å²) in [5.74, 6) is 0.308. The van der Waals surface area contributed by atoms with Crippen LogP contribution in [0, 0.1) is 0 Å². The number of rotatable bonds is 7. The first kappa shape index (κ1) is 16.3. The van der Waals surface area contributed by atoms with E-state index in [9.17, 15) is 4.79 Å². The number of hydrogen-bond donors (Lipinski definition) is 2. The molecule has 0 fully saturated rings. The highest BCUT2D eigenvalue weighted by Gasteiger charge is 2.14. The first-order valence-electron chi connectivity index (χ1n) is 6.97. The summed E-state index contributed by atoms with van der Waals surface area (Å²) in [7, 11) is 2.03. The first-order valence-corrected chi connectivity index (χ1v) is 6.97. The van der Waals surface area contributed by atoms with Crippen molar-refractivity contribution in [2.75, 3.05) is 32.5 Å². The molecule has 0 aliphatic rings. The normalized spacial score (nSPS) is 10.9. The Bertz CT molecular complexity index is 447. The molecule has 112 valence electrons. The highest BCUT2D eigenvalue weighted by atomic mass is 16.5. The van der Waals surface area contributed by atoms with E-state index in [0.717, 1.165) is 6.54 Å². The van der Waals surface area contributed by atoms with Crippen molar-refractivity contribution in [3.05, 3.63) is 23.8 Å². The van der Waals surface area contributed by atoms with Crippen LogP contribution in [-0.2, 0) is 0 Å². The predicted molar refractivity (Wildman–Crippen MR) is 82.1 cm³/mol. The average Bonchev–Trinajstić information content (AvgIpc) is 2.40. The van der Waals surface area contributed by atoms with E-state index in [-0.39, 0.29) is 5.91 Å². The number of ether oxygens (including phenoxy) is 1. The molecule has 5 nitrogen and oxygen atoms in total. The molecule has 0 heterocycles. The summed E-state index contributed by atoms with van der Waals surface area (Å²) < 4.78 is 5.46. The van der Waals surface area contributed by atoms with Gasteiger partial charge in [0.1, 0.15) is 0 Å². The topological polar surface area (TPSA) is 67.6 Å². The molecule has 0 spiro atoms. The maximum absolute atomic E-state index is 12.2. The van der Waals surface area contributed by atoms with Crippen LogP contribution in [0.4, 0.5) is 5.69 Å². The summed E-state index contributed by atoms with van der Waals surface area (Å²) in [6, 6.07) is 5.67. The van der Waals surface area contributed by atoms with E-state index in [1.54, 1.807) is 18.2 Å². The lowest BCUT2D eigenvalue weighted by Crippen LogP contribution is -2.36. The van der Waals surface area contributed by atoms with Crippen molar-refractivity contribution in [3.63, 3.8) is 0 Å². The fourth-order valence-corrected chi connectivity index (χ4v) is 1.74. The van der Waals surface area contributed by atoms with Crippen molar-refractivity contribution in [2.45, 2.75) is 26.8 Å². The van der Waals surface area contributed by atoms with Crippen LogP contribution in [0.2, 0.25) is 0 Å². The number of anilines is 1. The summed E-state index contributed by atoms with van der Waals surface area (Å²) in [4.78, 5) is 14.3. The number of nitrogens with two attached hydrogens (primary N) is 1. The Morgan fingerprint density at radius 2 is 2.15 bits per heavy atom. The van der Waals surface area contributed by atoms with Gasteiger partial charge in [-0.3, -0.25) is 4.79 Å². The Hall–Kier alpha value is -1.75. The SMILES string of the molecule is CCOc1c(N)cccc1C(=O)NCCN(C)C(C)C. The highest BCUT2D eigenvalue weighted by Crippen LogP contribution is 2.26. The largest absolute Gasteiger partial charge is 0.491 e. The minimum atomic E-state index is -0.155. The van der Waals surface area contributed by atoms with Gasteiger partial charge in [0.05, 0.1) is 17.9 Å². The molecule has 5 heteroatoms. The molecule has 0 saturated carbocycles. The van der Waals surface area contributed by atoms with Gasteiger partial charge < -0.3 is 20.7 Å². The zero-order valence-corrected chi connectivity index (χ0v) is 12.8. The first-order chi connectivity index (χ1) is 9.47. The highest BCUT2D eigenvalue weighted by molar-refractivity contribution is 5.98. The molecule has 0 unspecified atom stereocenters. The van der Waals surface area contributed by atoms with Gasteiger partial charge >= 0.3 is 0 Å². The minimum Gasteiger partial charge on any atom is -0.491 e. The average molecular weight is 279 g/mol. The Morgan fingerprint density at radius 1 is 1.45 bits per heavy atom. The molecule has 3 N–H and O–H groups in total. The van der Waals surface area contributed by atoms with E-state index in [1.807, 2.05) is 14.0 Å². The number of nitrogens with zero attached hydrogens (tertiary/aromatic N) is 1. The number of carbonyl (C=O) groups is 1. The van der Waals surface area contributed by atoms with E-state index in [2.05, 4.69) is 24.1 Å². The van der Waals surface area contributed by atoms with Crippen LogP contribution in [0.15, 0.2) is 18.2 Å². The number of nitrogens with one attached hydrogen (secondary N) is 1. The molecule has 1 amide bonds. The third-order valence-corrected chi connectivity index (χ3v) is 3.21. The van der Waals surface area contributed by atoms with Gasteiger partial charge in [0.15, 0.2) is 5.75 Å². The standard InChI is InChI=1S/C15H25N3O2/c1-5-20-14-12(7-6-8-13(14)16)15(19)17-9-10-18(4)11(2)3/h6-8,11H,5,9-10,16H2,1-4H3,(H,17,19). The van der Waals surface area contributed by atoms with Crippen LogP contribution >= 0.6 is 0 Å². The molecule has 0 aromatic heterocycles. The van der Waals surface area contributed by atoms with E-state index in [1.165, 1.54) is 0 Å². The van der Waals surface area contributed by atoms with Crippen LogP contribution in [0.3, 0.4) is 0 Å². The minimum absolute atomic E-state index is 0.155. The number of amides is 1. The van der Waals surface area contributed by atoms with E-state index >= 15 is 0 Å². The van der Waals surface area contributed by atoms with Gasteiger partial charge in [-0.05, 0) is 40.0 Å². The summed E-state index contributed by atoms with van der Waals surface area (Å²) in [6.07, 6.45) is 0. The lowest BCUT2D eigenvalue weighted by atomic mass is 10.1. The van der Waals surface area contributed by atoms with Crippen molar-refractivity contribution in [1.82, 2.24) is 10.2 Å². The van der Waals surface area contributed by atoms with Crippen molar-refractivity contribution in [2.24, 2.45) is 0 Å². The number of hydrogen-bond acceptors (Lipinski definition) is 4. The fraction of sp³-hybridized carbons (Fsp3) is 0.533. The van der Waals surface area contributed by atoms with Gasteiger partial charge in [-0.25, -0.2) is 0 Å². The molecule has 0 bridgehead atoms. The Kier molecular flexibility index (Phi) is 6.31. The monoisotopic (exact) mass is 279 g/mol. The molecule has 20 heavy (non-hydrogen) atoms. The lowest BCUT2D eigenvalue weighted by molar-refractivity contribution is 0.0944. The third-order valence-electron chi connectivity index (χ3n) is 3.21. The molecule has 1 aromatic rings. The van der Waals surface area contributed by atoms with E-state index in [0.29, 0.717) is 36.2 Å². The second kappa shape index (κ2) is 7.75. The smallest absolute Gasteiger partial charge is 0.255 e. The zero-order valence-electron chi connectivity index (χ0n) is 12.8. The molecule has 1 rings (SSSR count). The Labute approximate surface area is 121 Å². The summed E-state index contributed by atoms with van der Waals surface area (Å²) in [6.45, 7) is 7.97. The molecule has 0 saturated heterocycles. The predicted octanol–water partition coefficient (Wildman–Crippen LogP) is 1.74. The van der Waals surface area contributed by atoms with Gasteiger partial charge in [0, 0.05) is 19.1 Å². The Morgan fingerprint density at radius 3 is 2.75 bits per heavy atom. The van der Waals surface area contributed by atoms with E-state index in [4.69, 9.17) is 10.5 Å². The molecule has 0 atom stereocenters. The van der Waals surface area contributed by atoms with E-state index < -0.39 is 0 Å². The number of nitrogen functional groups attached to an aromatic ring is 1. The summed E-state index contributed by atoms with van der Waals surface area (Å²) >= 11 is 0. The third kappa shape index (κ3) is 4.42. The molecule has 0 radical (unpaired) electrons. The van der Waals surface area contributed by atoms with Gasteiger partial charge in [0.2, 0.25) is 0 Å². The van der Waals surface area contributed by atoms with Crippen LogP contribution in [0.5, 0.6) is 5.75 Å². The maximum Gasteiger partial charge on any atom is 0.255 e. The second-order valence-electron chi connectivity index (χ2n) is 4.99. The number of carbonyl (C=O) groups excluding carboxylic acids is 1. The summed E-state index contributed by atoms with van der Waals surface area (Å²) in [5, 5.41) is 2.89. The lowest BCUT2D eigenvalue weighted by Gasteiger charge is -2.21. The molecular weight excluding hydrogens is 254 g/mol. The van der Waals surface area contributed by atoms with Crippen LogP contribution in [-0.4, -0.2) is 43.6 Å². The second-order valence-corrected chi connectivity index (χ2v) is 4.99. The zero-order chi connectivity index (χ0) is 15.1. The van der Waals surface area contributed by atoms with Gasteiger partial charge in [0.25, 0.3) is 5.91 Å². The van der Waals surface area contributed by atoms with Crippen molar-refractivity contribution in [1.29, 1.82) is 0 Å². The fourth-order valence-electron chi connectivity index (χ4n) is 1.74. The molecule has 0 aliphatic carbocycles. The quantitative estimate of drug-likeness (QED) is 0.746. The molecule has 1 aromatic carbocycles. The van der Waals surface area contributed by atoms with Crippen LogP contribution in [0.25, 0.3) is 0 Å². The van der Waals surface area contributed by atoms with Crippen LogP contribution < -0.4 is 15.8 Å². The van der Waals surface area contributed by atoms with Gasteiger partial charge in [-0.1, -0.05) is 6.07 Å². The molecule has 0 aliphatic heterocycles.